The SMILES string of the molecule is O=C(CCSc1nnc(COc2ccc(Cl)cc2)n1-c1ccccc1)N(c1ccccc1)c1ccccc1. The first kappa shape index (κ1) is 25.6. The van der Waals surface area contributed by atoms with E-state index in [1.54, 1.807) is 17.0 Å². The van der Waals surface area contributed by atoms with E-state index in [1.165, 1.54) is 11.8 Å². The predicted octanol–water partition coefficient (Wildman–Crippen LogP) is 7.35. The van der Waals surface area contributed by atoms with Gasteiger partial charge in [-0.3, -0.25) is 14.3 Å². The molecule has 1 amide bonds. The van der Waals surface area contributed by atoms with Crippen molar-refractivity contribution in [3.63, 3.8) is 0 Å². The third-order valence-corrected chi connectivity index (χ3v) is 6.90. The lowest BCUT2D eigenvalue weighted by molar-refractivity contribution is -0.117. The first-order valence-electron chi connectivity index (χ1n) is 12.1. The van der Waals surface area contributed by atoms with Crippen molar-refractivity contribution in [2.24, 2.45) is 0 Å². The Morgan fingerprint density at radius 2 is 1.37 bits per heavy atom. The van der Waals surface area contributed by atoms with Crippen molar-refractivity contribution in [3.05, 3.63) is 126 Å². The van der Waals surface area contributed by atoms with E-state index in [4.69, 9.17) is 16.3 Å². The summed E-state index contributed by atoms with van der Waals surface area (Å²) in [7, 11) is 0. The molecule has 0 aliphatic carbocycles. The second-order valence-electron chi connectivity index (χ2n) is 8.31. The molecule has 1 aromatic heterocycles. The molecule has 0 aliphatic rings. The van der Waals surface area contributed by atoms with Crippen LogP contribution in [0.4, 0.5) is 11.4 Å². The van der Waals surface area contributed by atoms with Crippen LogP contribution in [0.2, 0.25) is 5.02 Å². The van der Waals surface area contributed by atoms with Crippen LogP contribution in [-0.4, -0.2) is 26.4 Å². The number of ether oxygens (including phenoxy) is 1. The molecule has 0 spiro atoms. The van der Waals surface area contributed by atoms with Gasteiger partial charge in [0.05, 0.1) is 0 Å². The van der Waals surface area contributed by atoms with Gasteiger partial charge in [0.1, 0.15) is 12.4 Å². The van der Waals surface area contributed by atoms with Gasteiger partial charge >= 0.3 is 0 Å². The molecule has 0 unspecified atom stereocenters. The molecule has 8 heteroatoms. The summed E-state index contributed by atoms with van der Waals surface area (Å²) in [5.74, 6) is 1.90. The number of carbonyl (C=O) groups excluding carboxylic acids is 1. The number of aromatic nitrogens is 3. The largest absolute Gasteiger partial charge is 0.486 e. The minimum absolute atomic E-state index is 0.00646. The van der Waals surface area contributed by atoms with Crippen LogP contribution >= 0.6 is 23.4 Å². The molecular formula is C30H25ClN4O2S. The van der Waals surface area contributed by atoms with Gasteiger partial charge in [0, 0.05) is 34.3 Å². The van der Waals surface area contributed by atoms with Crippen molar-refractivity contribution < 1.29 is 9.53 Å². The molecule has 0 radical (unpaired) electrons. The zero-order chi connectivity index (χ0) is 26.2. The number of thioether (sulfide) groups is 1. The van der Waals surface area contributed by atoms with Crippen molar-refractivity contribution >= 4 is 40.6 Å². The molecule has 1 heterocycles. The summed E-state index contributed by atoms with van der Waals surface area (Å²) >= 11 is 7.48. The number of carbonyl (C=O) groups is 1. The van der Waals surface area contributed by atoms with Gasteiger partial charge in [-0.2, -0.15) is 0 Å². The standard InChI is InChI=1S/C30H25ClN4O2S/c31-23-16-18-27(19-17-23)37-22-28-32-33-30(35(28)26-14-8-3-9-15-26)38-21-20-29(36)34(24-10-4-1-5-11-24)25-12-6-2-7-13-25/h1-19H,20-22H2. The summed E-state index contributed by atoms with van der Waals surface area (Å²) in [5, 5.41) is 10.2. The van der Waals surface area contributed by atoms with Crippen LogP contribution in [0.15, 0.2) is 120 Å². The highest BCUT2D eigenvalue weighted by atomic mass is 35.5. The monoisotopic (exact) mass is 540 g/mol. The lowest BCUT2D eigenvalue weighted by Gasteiger charge is -2.23. The Morgan fingerprint density at radius 3 is 1.97 bits per heavy atom. The van der Waals surface area contributed by atoms with Gasteiger partial charge in [-0.25, -0.2) is 0 Å². The Labute approximate surface area is 230 Å². The fourth-order valence-electron chi connectivity index (χ4n) is 3.94. The number of hydrogen-bond donors (Lipinski definition) is 0. The fourth-order valence-corrected chi connectivity index (χ4v) is 4.96. The van der Waals surface area contributed by atoms with E-state index in [2.05, 4.69) is 10.2 Å². The predicted molar refractivity (Wildman–Crippen MR) is 153 cm³/mol. The maximum atomic E-state index is 13.4. The van der Waals surface area contributed by atoms with Gasteiger partial charge in [0.15, 0.2) is 11.0 Å². The number of nitrogens with zero attached hydrogens (tertiary/aromatic N) is 4. The fraction of sp³-hybridized carbons (Fsp3) is 0.100. The molecule has 0 bridgehead atoms. The summed E-state index contributed by atoms with van der Waals surface area (Å²) < 4.78 is 7.91. The smallest absolute Gasteiger partial charge is 0.232 e. The molecule has 5 aromatic rings. The van der Waals surface area contributed by atoms with Crippen LogP contribution in [-0.2, 0) is 11.4 Å². The first-order chi connectivity index (χ1) is 18.7. The Balaban J connectivity index is 1.32. The van der Waals surface area contributed by atoms with E-state index in [1.807, 2.05) is 108 Å². The van der Waals surface area contributed by atoms with Crippen molar-refractivity contribution in [2.45, 2.75) is 18.2 Å². The molecule has 0 saturated carbocycles. The topological polar surface area (TPSA) is 60.2 Å². The van der Waals surface area contributed by atoms with Crippen LogP contribution in [0.5, 0.6) is 5.75 Å². The molecular weight excluding hydrogens is 516 g/mol. The van der Waals surface area contributed by atoms with E-state index in [-0.39, 0.29) is 12.5 Å². The maximum Gasteiger partial charge on any atom is 0.232 e. The molecule has 0 fully saturated rings. The highest BCUT2D eigenvalue weighted by molar-refractivity contribution is 7.99. The van der Waals surface area contributed by atoms with Crippen LogP contribution in [0.25, 0.3) is 5.69 Å². The summed E-state index contributed by atoms with van der Waals surface area (Å²) in [6.45, 7) is 0.235. The molecule has 190 valence electrons. The van der Waals surface area contributed by atoms with Gasteiger partial charge in [-0.1, -0.05) is 78.0 Å². The van der Waals surface area contributed by atoms with Crippen LogP contribution < -0.4 is 9.64 Å². The van der Waals surface area contributed by atoms with E-state index in [0.29, 0.717) is 33.9 Å². The number of anilines is 2. The third-order valence-electron chi connectivity index (χ3n) is 5.72. The molecule has 0 atom stereocenters. The number of amides is 1. The van der Waals surface area contributed by atoms with Gasteiger partial charge in [0.25, 0.3) is 0 Å². The zero-order valence-corrected chi connectivity index (χ0v) is 22.1. The van der Waals surface area contributed by atoms with Crippen LogP contribution in [0.3, 0.4) is 0 Å². The summed E-state index contributed by atoms with van der Waals surface area (Å²) in [5.41, 5.74) is 2.60. The Hall–Kier alpha value is -4.07. The van der Waals surface area contributed by atoms with Crippen molar-refractivity contribution in [1.82, 2.24) is 14.8 Å². The Bertz CT molecular complexity index is 1420. The second kappa shape index (κ2) is 12.4. The molecule has 0 N–H and O–H groups in total. The lowest BCUT2D eigenvalue weighted by atomic mass is 10.2. The van der Waals surface area contributed by atoms with E-state index in [0.717, 1.165) is 17.1 Å². The maximum absolute atomic E-state index is 13.4. The van der Waals surface area contributed by atoms with Gasteiger partial charge in [-0.15, -0.1) is 10.2 Å². The molecule has 0 aliphatic heterocycles. The Kier molecular flexibility index (Phi) is 8.38. The Morgan fingerprint density at radius 1 is 0.789 bits per heavy atom. The number of halogens is 1. The highest BCUT2D eigenvalue weighted by Gasteiger charge is 2.19. The van der Waals surface area contributed by atoms with Gasteiger partial charge in [-0.05, 0) is 60.7 Å². The van der Waals surface area contributed by atoms with Crippen molar-refractivity contribution in [1.29, 1.82) is 0 Å². The molecule has 6 nitrogen and oxygen atoms in total. The molecule has 4 aromatic carbocycles. The molecule has 38 heavy (non-hydrogen) atoms. The number of benzene rings is 4. The van der Waals surface area contributed by atoms with Gasteiger partial charge < -0.3 is 4.74 Å². The lowest BCUT2D eigenvalue weighted by Crippen LogP contribution is -2.26. The highest BCUT2D eigenvalue weighted by Crippen LogP contribution is 2.28. The third kappa shape index (κ3) is 6.25. The van der Waals surface area contributed by atoms with E-state index < -0.39 is 0 Å². The summed E-state index contributed by atoms with van der Waals surface area (Å²) in [6.07, 6.45) is 0.326. The molecule has 5 rings (SSSR count). The van der Waals surface area contributed by atoms with Crippen LogP contribution in [0, 0.1) is 0 Å². The summed E-state index contributed by atoms with van der Waals surface area (Å²) in [4.78, 5) is 15.2. The average molecular weight is 541 g/mol. The van der Waals surface area contributed by atoms with E-state index >= 15 is 0 Å². The number of rotatable bonds is 10. The quantitative estimate of drug-likeness (QED) is 0.173. The summed E-state index contributed by atoms with van der Waals surface area (Å²) in [6, 6.07) is 36.5. The minimum Gasteiger partial charge on any atom is -0.486 e. The number of hydrogen-bond acceptors (Lipinski definition) is 5. The van der Waals surface area contributed by atoms with E-state index in [9.17, 15) is 4.79 Å². The number of para-hydroxylation sites is 3. The average Bonchev–Trinajstić information content (AvgIpc) is 3.37. The minimum atomic E-state index is 0.00646. The first-order valence-corrected chi connectivity index (χ1v) is 13.5. The zero-order valence-electron chi connectivity index (χ0n) is 20.5. The second-order valence-corrected chi connectivity index (χ2v) is 9.81. The van der Waals surface area contributed by atoms with Crippen LogP contribution in [0.1, 0.15) is 12.2 Å². The molecule has 0 saturated heterocycles. The van der Waals surface area contributed by atoms with Crippen molar-refractivity contribution in [2.75, 3.05) is 10.7 Å². The van der Waals surface area contributed by atoms with Gasteiger partial charge in [0.2, 0.25) is 5.91 Å². The normalized spacial score (nSPS) is 10.8. The van der Waals surface area contributed by atoms with Crippen molar-refractivity contribution in [3.8, 4) is 11.4 Å².